The van der Waals surface area contributed by atoms with Gasteiger partial charge in [-0.05, 0) is 111 Å². The summed E-state index contributed by atoms with van der Waals surface area (Å²) in [7, 11) is 0. The first-order valence-electron chi connectivity index (χ1n) is 30.2. The van der Waals surface area contributed by atoms with E-state index in [-0.39, 0.29) is 52.6 Å². The monoisotopic (exact) mass is 1210 g/mol. The zero-order valence-electron chi connectivity index (χ0n) is 49.0. The number of fused-ring (bicyclic) bond motifs is 7. The summed E-state index contributed by atoms with van der Waals surface area (Å²) in [5, 5.41) is 164. The maximum Gasteiger partial charge on any atom is 0.310 e. The first kappa shape index (κ1) is 65.2. The lowest BCUT2D eigenvalue weighted by Crippen LogP contribution is -2.67. The van der Waals surface area contributed by atoms with E-state index in [0.29, 0.717) is 19.3 Å². The summed E-state index contributed by atoms with van der Waals surface area (Å²) in [5.74, 6) is -0.548. The smallest absolute Gasteiger partial charge is 0.310 e. The Hall–Kier alpha value is -1.75. The Morgan fingerprint density at radius 3 is 1.85 bits per heavy atom. The summed E-state index contributed by atoms with van der Waals surface area (Å²) in [5.41, 5.74) is -0.906. The van der Waals surface area contributed by atoms with E-state index >= 15 is 0 Å². The Balaban J connectivity index is 0.788. The average molecular weight is 1210 g/mol. The second-order valence-electron chi connectivity index (χ2n) is 28.0. The summed E-state index contributed by atoms with van der Waals surface area (Å²) in [4.78, 5) is 13.2. The van der Waals surface area contributed by atoms with Gasteiger partial charge in [0.25, 0.3) is 0 Å². The van der Waals surface area contributed by atoms with E-state index in [4.69, 9.17) is 47.4 Å². The predicted octanol–water partition coefficient (Wildman–Crippen LogP) is -2.37. The van der Waals surface area contributed by atoms with Crippen LogP contribution in [-0.4, -0.2) is 263 Å². The van der Waals surface area contributed by atoms with E-state index in [9.17, 15) is 81.4 Å². The molecule has 15 N–H and O–H groups in total. The van der Waals surface area contributed by atoms with Crippen LogP contribution in [0.25, 0.3) is 0 Å². The summed E-state index contributed by atoms with van der Waals surface area (Å²) in [6.45, 7) is 12.3. The highest BCUT2D eigenvalue weighted by Crippen LogP contribution is 2.76. The van der Waals surface area contributed by atoms with Crippen LogP contribution in [0.1, 0.15) is 113 Å². The van der Waals surface area contributed by atoms with Gasteiger partial charge < -0.3 is 124 Å². The first-order valence-corrected chi connectivity index (χ1v) is 30.2. The Labute approximate surface area is 488 Å². The zero-order chi connectivity index (χ0) is 61.1. The maximum atomic E-state index is 13.2. The van der Waals surface area contributed by atoms with Crippen molar-refractivity contribution in [1.29, 1.82) is 0 Å². The van der Waals surface area contributed by atoms with Crippen molar-refractivity contribution in [2.24, 2.45) is 50.2 Å². The largest absolute Gasteiger partial charge is 0.481 e. The summed E-state index contributed by atoms with van der Waals surface area (Å²) >= 11 is 0. The standard InChI is InChI=1S/C58H94O26/c1-24-34(63)45(83-47-40(69)37(66)30(22-76-47)80-48-42(71)39(68)44(29(20-60)79-48)82-49-41(70)38(67)36(65)28(19-59)78-49)43(72)50(77-24)84-46-35(64)27(62)21-75-51(46)81-33-11-12-54(4)31(55(33,5)23-61)10-13-57(7)32(54)9-8-25-26-18-53(2,3)14-16-58(26,52(73)74)17-15-56(25,57)6/h8,24,26-51,59-72H,9-23H2,1-7H3,(H,73,74)/t24-,26+,27-,28-,29-,30-,31+,32+,33-,34-,35+,36-,37+,38+,39-,40-,41-,42-,43-,44-,45+,46-,47+,48+,49+,50+,51+,54-,55-,56+,57+,58+/m0/s1. The van der Waals surface area contributed by atoms with Crippen LogP contribution >= 0.6 is 0 Å². The molecule has 5 aliphatic heterocycles. The minimum Gasteiger partial charge on any atom is -0.481 e. The topological polar surface area (TPSA) is 413 Å². The van der Waals surface area contributed by atoms with Gasteiger partial charge in [-0.2, -0.15) is 0 Å². The minimum atomic E-state index is -1.99. The molecular formula is C58H94O26. The molecule has 0 aromatic heterocycles. The fourth-order valence-electron chi connectivity index (χ4n) is 17.5. The van der Waals surface area contributed by atoms with Gasteiger partial charge in [-0.25, -0.2) is 0 Å². The van der Waals surface area contributed by atoms with Gasteiger partial charge in [-0.3, -0.25) is 4.79 Å². The van der Waals surface area contributed by atoms with Gasteiger partial charge in [0, 0.05) is 5.41 Å². The maximum absolute atomic E-state index is 13.2. The minimum absolute atomic E-state index is 0.0268. The van der Waals surface area contributed by atoms with Crippen LogP contribution in [0.4, 0.5) is 0 Å². The molecule has 9 fully saturated rings. The van der Waals surface area contributed by atoms with Gasteiger partial charge in [-0.1, -0.05) is 53.2 Å². The Kier molecular flexibility index (Phi) is 18.7. The van der Waals surface area contributed by atoms with Crippen molar-refractivity contribution in [3.8, 4) is 0 Å². The highest BCUT2D eigenvalue weighted by Gasteiger charge is 2.70. The molecule has 26 heteroatoms. The highest BCUT2D eigenvalue weighted by molar-refractivity contribution is 5.76. The number of allylic oxidation sites excluding steroid dienone is 2. The molecule has 0 bridgehead atoms. The molecule has 0 aromatic rings. The van der Waals surface area contributed by atoms with Crippen LogP contribution in [0.5, 0.6) is 0 Å². The van der Waals surface area contributed by atoms with Gasteiger partial charge in [0.2, 0.25) is 0 Å². The van der Waals surface area contributed by atoms with E-state index in [0.717, 1.165) is 44.9 Å². The summed E-state index contributed by atoms with van der Waals surface area (Å²) in [6.07, 6.45) is -29.6. The molecule has 26 nitrogen and oxygen atoms in total. The van der Waals surface area contributed by atoms with Gasteiger partial charge in [0.05, 0.1) is 50.7 Å². The zero-order valence-corrected chi connectivity index (χ0v) is 49.0. The van der Waals surface area contributed by atoms with Crippen LogP contribution < -0.4 is 0 Å². The van der Waals surface area contributed by atoms with Crippen molar-refractivity contribution in [2.45, 2.75) is 260 Å². The third-order valence-electron chi connectivity index (χ3n) is 22.9. The summed E-state index contributed by atoms with van der Waals surface area (Å²) in [6, 6.07) is 0. The molecule has 0 unspecified atom stereocenters. The molecule has 4 saturated carbocycles. The molecule has 10 aliphatic rings. The molecule has 0 aromatic carbocycles. The quantitative estimate of drug-likeness (QED) is 0.0639. The number of aliphatic carboxylic acids is 1. The van der Waals surface area contributed by atoms with Crippen molar-refractivity contribution in [3.63, 3.8) is 0 Å². The number of hydrogen-bond acceptors (Lipinski definition) is 25. The SMILES string of the molecule is C[C@@H]1O[C@H](O[C@@H]2[C@@H](O[C@H]3CC[C@@]4(C)[C@@H](CC[C@]5(C)[C@@H]4CC=C4[C@H]6CC(C)(C)CC[C@@]6(C(=O)O)CC[C@]45C)[C@]3(C)CO)OC[C@H](O)[C@H]2O)[C@@H](O)[C@H](O[C@H]2OC[C@H](O[C@H]3O[C@@H](CO)[C@H](O[C@H]4O[C@@H](CO)[C@H](O)[C@@H](O)[C@@H]4O)[C@@H](O)[C@@H]3O)[C@@H](O)[C@@H]2O)[C@H]1O. The molecular weight excluding hydrogens is 1110 g/mol. The number of carbonyl (C=O) groups is 1. The van der Waals surface area contributed by atoms with Gasteiger partial charge >= 0.3 is 5.97 Å². The molecule has 5 aliphatic carbocycles. The molecule has 10 rings (SSSR count). The van der Waals surface area contributed by atoms with Gasteiger partial charge in [-0.15, -0.1) is 0 Å². The third kappa shape index (κ3) is 10.8. The Morgan fingerprint density at radius 2 is 1.17 bits per heavy atom. The van der Waals surface area contributed by atoms with Crippen LogP contribution in [0, 0.1) is 50.2 Å². The fraction of sp³-hybridized carbons (Fsp3) is 0.948. The molecule has 32 atom stereocenters. The van der Waals surface area contributed by atoms with E-state index in [2.05, 4.69) is 40.7 Å². The van der Waals surface area contributed by atoms with Crippen molar-refractivity contribution in [1.82, 2.24) is 0 Å². The molecule has 0 spiro atoms. The van der Waals surface area contributed by atoms with E-state index < -0.39 is 184 Å². The van der Waals surface area contributed by atoms with Crippen LogP contribution in [0.3, 0.4) is 0 Å². The number of hydrogen-bond donors (Lipinski definition) is 15. The van der Waals surface area contributed by atoms with Crippen molar-refractivity contribution in [2.75, 3.05) is 33.0 Å². The number of rotatable bonds is 14. The number of ether oxygens (including phenoxy) is 10. The van der Waals surface area contributed by atoms with E-state index in [1.165, 1.54) is 12.5 Å². The van der Waals surface area contributed by atoms with Crippen LogP contribution in [0.2, 0.25) is 0 Å². The first-order chi connectivity index (χ1) is 39.4. The fourth-order valence-corrected chi connectivity index (χ4v) is 17.5. The van der Waals surface area contributed by atoms with E-state index in [1.54, 1.807) is 0 Å². The van der Waals surface area contributed by atoms with Crippen molar-refractivity contribution in [3.05, 3.63) is 11.6 Å². The number of carboxylic acids is 1. The normalized spacial score (nSPS) is 54.9. The number of aliphatic hydroxyl groups is 14. The lowest BCUT2D eigenvalue weighted by atomic mass is 9.33. The molecule has 482 valence electrons. The lowest BCUT2D eigenvalue weighted by Gasteiger charge is -2.71. The van der Waals surface area contributed by atoms with Crippen molar-refractivity contribution < 1.29 is 129 Å². The van der Waals surface area contributed by atoms with E-state index in [1.807, 2.05) is 6.92 Å². The highest BCUT2D eigenvalue weighted by atomic mass is 16.8. The molecule has 5 heterocycles. The molecule has 84 heavy (non-hydrogen) atoms. The second kappa shape index (κ2) is 24.1. The van der Waals surface area contributed by atoms with Gasteiger partial charge in [0.1, 0.15) is 104 Å². The van der Waals surface area contributed by atoms with Crippen molar-refractivity contribution >= 4 is 5.97 Å². The van der Waals surface area contributed by atoms with Gasteiger partial charge in [0.15, 0.2) is 31.5 Å². The summed E-state index contributed by atoms with van der Waals surface area (Å²) < 4.78 is 59.2. The number of aliphatic hydroxyl groups excluding tert-OH is 14. The molecule has 0 amide bonds. The molecule has 5 saturated heterocycles. The average Bonchev–Trinajstić information content (AvgIpc) is 0.688. The molecule has 0 radical (unpaired) electrons. The third-order valence-corrected chi connectivity index (χ3v) is 22.9. The number of carboxylic acid groups (broad SMARTS) is 1. The predicted molar refractivity (Wildman–Crippen MR) is 284 cm³/mol. The van der Waals surface area contributed by atoms with Crippen LogP contribution in [-0.2, 0) is 52.2 Å². The second-order valence-corrected chi connectivity index (χ2v) is 28.0. The van der Waals surface area contributed by atoms with Crippen LogP contribution in [0.15, 0.2) is 11.6 Å². The lowest BCUT2D eigenvalue weighted by molar-refractivity contribution is -0.386. The Morgan fingerprint density at radius 1 is 0.560 bits per heavy atom. The Bertz CT molecular complexity index is 2330.